The number of hydrogen-bond acceptors (Lipinski definition) is 2. The number of nitrogens with two attached hydrogens (primary N) is 1. The lowest BCUT2D eigenvalue weighted by Gasteiger charge is -2.09. The van der Waals surface area contributed by atoms with Crippen molar-refractivity contribution in [2.24, 2.45) is 5.73 Å². The highest BCUT2D eigenvalue weighted by atomic mass is 32.2. The minimum atomic E-state index is 0.0909. The van der Waals surface area contributed by atoms with E-state index in [0.29, 0.717) is 0 Å². The maximum absolute atomic E-state index is 5.95. The Balaban J connectivity index is 2.67. The fourth-order valence-electron chi connectivity index (χ4n) is 1.29. The molecular weight excluding hydrogens is 190 g/mol. The van der Waals surface area contributed by atoms with Crippen molar-refractivity contribution >= 4 is 11.8 Å². The number of rotatable bonds is 5. The fraction of sp³-hybridized carbons (Fsp3) is 0.333. The van der Waals surface area contributed by atoms with Gasteiger partial charge >= 0.3 is 0 Å². The van der Waals surface area contributed by atoms with Gasteiger partial charge in [0.1, 0.15) is 0 Å². The average molecular weight is 207 g/mol. The summed E-state index contributed by atoms with van der Waals surface area (Å²) >= 11 is 1.85. The lowest BCUT2D eigenvalue weighted by Crippen LogP contribution is -2.08. The van der Waals surface area contributed by atoms with Gasteiger partial charge in [-0.05, 0) is 29.9 Å². The maximum Gasteiger partial charge on any atom is 0.0329 e. The Labute approximate surface area is 90.4 Å². The third kappa shape index (κ3) is 3.20. The van der Waals surface area contributed by atoms with Gasteiger partial charge in [-0.2, -0.15) is 0 Å². The van der Waals surface area contributed by atoms with E-state index in [1.807, 2.05) is 17.8 Å². The van der Waals surface area contributed by atoms with E-state index < -0.39 is 0 Å². The van der Waals surface area contributed by atoms with Gasteiger partial charge < -0.3 is 5.73 Å². The topological polar surface area (TPSA) is 26.0 Å². The second-order valence-electron chi connectivity index (χ2n) is 3.13. The van der Waals surface area contributed by atoms with Gasteiger partial charge in [-0.25, -0.2) is 0 Å². The highest BCUT2D eigenvalue weighted by molar-refractivity contribution is 7.99. The van der Waals surface area contributed by atoms with Crippen molar-refractivity contribution in [2.75, 3.05) is 5.75 Å². The Kier molecular flexibility index (Phi) is 4.77. The Morgan fingerprint density at radius 1 is 1.43 bits per heavy atom. The van der Waals surface area contributed by atoms with Crippen LogP contribution in [-0.2, 0) is 0 Å². The zero-order valence-electron chi connectivity index (χ0n) is 8.57. The Morgan fingerprint density at radius 2 is 2.07 bits per heavy atom. The quantitative estimate of drug-likeness (QED) is 0.591. The molecule has 0 aromatic heterocycles. The Morgan fingerprint density at radius 3 is 2.57 bits per heavy atom. The molecular formula is C12H17NS. The molecule has 0 heterocycles. The largest absolute Gasteiger partial charge is 0.324 e. The summed E-state index contributed by atoms with van der Waals surface area (Å²) in [6.07, 6.45) is 2.69. The van der Waals surface area contributed by atoms with Crippen molar-refractivity contribution in [1.82, 2.24) is 0 Å². The minimum Gasteiger partial charge on any atom is -0.324 e. The van der Waals surface area contributed by atoms with Crippen LogP contribution in [-0.4, -0.2) is 5.75 Å². The van der Waals surface area contributed by atoms with E-state index in [1.54, 1.807) is 0 Å². The lowest BCUT2D eigenvalue weighted by molar-refractivity contribution is 0.741. The molecule has 2 heteroatoms. The maximum atomic E-state index is 5.95. The third-order valence-electron chi connectivity index (χ3n) is 2.04. The first kappa shape index (κ1) is 11.3. The molecule has 14 heavy (non-hydrogen) atoms. The van der Waals surface area contributed by atoms with Gasteiger partial charge in [-0.15, -0.1) is 18.3 Å². The van der Waals surface area contributed by atoms with Crippen molar-refractivity contribution in [1.29, 1.82) is 0 Å². The molecule has 0 aliphatic rings. The SMILES string of the molecule is C=CC[C@@H](N)c1ccc(SCC)cc1. The molecule has 1 rings (SSSR count). The van der Waals surface area contributed by atoms with E-state index in [4.69, 9.17) is 5.73 Å². The van der Waals surface area contributed by atoms with Crippen LogP contribution in [0.5, 0.6) is 0 Å². The van der Waals surface area contributed by atoms with Crippen LogP contribution in [0.3, 0.4) is 0 Å². The molecule has 2 N–H and O–H groups in total. The predicted octanol–water partition coefficient (Wildman–Crippen LogP) is 3.37. The van der Waals surface area contributed by atoms with E-state index in [9.17, 15) is 0 Å². The van der Waals surface area contributed by atoms with Crippen LogP contribution in [0.2, 0.25) is 0 Å². The molecule has 0 saturated heterocycles. The summed E-state index contributed by atoms with van der Waals surface area (Å²) in [4.78, 5) is 1.31. The molecule has 0 saturated carbocycles. The van der Waals surface area contributed by atoms with E-state index in [1.165, 1.54) is 10.5 Å². The molecule has 0 bridgehead atoms. The third-order valence-corrected chi connectivity index (χ3v) is 2.93. The highest BCUT2D eigenvalue weighted by Gasteiger charge is 2.02. The summed E-state index contributed by atoms with van der Waals surface area (Å²) in [7, 11) is 0. The molecule has 0 aliphatic heterocycles. The number of benzene rings is 1. The van der Waals surface area contributed by atoms with Crippen molar-refractivity contribution in [3.8, 4) is 0 Å². The lowest BCUT2D eigenvalue weighted by atomic mass is 10.1. The molecule has 0 amide bonds. The van der Waals surface area contributed by atoms with E-state index in [0.717, 1.165) is 12.2 Å². The van der Waals surface area contributed by atoms with Crippen molar-refractivity contribution in [3.05, 3.63) is 42.5 Å². The Hall–Kier alpha value is -0.730. The predicted molar refractivity (Wildman–Crippen MR) is 64.6 cm³/mol. The first-order valence-corrected chi connectivity index (χ1v) is 5.85. The van der Waals surface area contributed by atoms with Crippen LogP contribution in [0.4, 0.5) is 0 Å². The van der Waals surface area contributed by atoms with Gasteiger partial charge in [-0.1, -0.05) is 25.1 Å². The van der Waals surface area contributed by atoms with Crippen LogP contribution in [0.15, 0.2) is 41.8 Å². The van der Waals surface area contributed by atoms with E-state index in [-0.39, 0.29) is 6.04 Å². The molecule has 1 aromatic rings. The monoisotopic (exact) mass is 207 g/mol. The van der Waals surface area contributed by atoms with E-state index in [2.05, 4.69) is 37.8 Å². The van der Waals surface area contributed by atoms with Crippen molar-refractivity contribution < 1.29 is 0 Å². The van der Waals surface area contributed by atoms with E-state index >= 15 is 0 Å². The van der Waals surface area contributed by atoms with Crippen LogP contribution >= 0.6 is 11.8 Å². The summed E-state index contributed by atoms with van der Waals surface area (Å²) < 4.78 is 0. The first-order valence-electron chi connectivity index (χ1n) is 4.87. The molecule has 76 valence electrons. The summed E-state index contributed by atoms with van der Waals surface area (Å²) in [5, 5.41) is 0. The highest BCUT2D eigenvalue weighted by Crippen LogP contribution is 2.21. The van der Waals surface area contributed by atoms with Gasteiger partial charge in [0.2, 0.25) is 0 Å². The summed E-state index contributed by atoms with van der Waals surface area (Å²) in [6.45, 7) is 5.84. The minimum absolute atomic E-state index is 0.0909. The molecule has 0 radical (unpaired) electrons. The van der Waals surface area contributed by atoms with Crippen LogP contribution < -0.4 is 5.73 Å². The molecule has 0 aliphatic carbocycles. The zero-order chi connectivity index (χ0) is 10.4. The molecule has 1 aromatic carbocycles. The van der Waals surface area contributed by atoms with Crippen LogP contribution in [0.1, 0.15) is 24.9 Å². The van der Waals surface area contributed by atoms with Crippen LogP contribution in [0.25, 0.3) is 0 Å². The average Bonchev–Trinajstić information content (AvgIpc) is 2.20. The van der Waals surface area contributed by atoms with Gasteiger partial charge in [0, 0.05) is 10.9 Å². The summed E-state index contributed by atoms with van der Waals surface area (Å²) in [6, 6.07) is 8.56. The summed E-state index contributed by atoms with van der Waals surface area (Å²) in [5.74, 6) is 1.11. The van der Waals surface area contributed by atoms with Crippen molar-refractivity contribution in [2.45, 2.75) is 24.3 Å². The molecule has 1 nitrogen and oxygen atoms in total. The fourth-order valence-corrected chi connectivity index (χ4v) is 1.96. The van der Waals surface area contributed by atoms with Gasteiger partial charge in [0.25, 0.3) is 0 Å². The Bertz CT molecular complexity index is 279. The zero-order valence-corrected chi connectivity index (χ0v) is 9.39. The second-order valence-corrected chi connectivity index (χ2v) is 4.47. The first-order chi connectivity index (χ1) is 6.77. The molecule has 0 spiro atoms. The summed E-state index contributed by atoms with van der Waals surface area (Å²) in [5.41, 5.74) is 7.14. The second kappa shape index (κ2) is 5.89. The standard InChI is InChI=1S/C12H17NS/c1-3-5-12(13)10-6-8-11(9-7-10)14-4-2/h3,6-9,12H,1,4-5,13H2,2H3/t12-/m1/s1. The van der Waals surface area contributed by atoms with Gasteiger partial charge in [0.05, 0.1) is 0 Å². The number of thioether (sulfide) groups is 1. The number of hydrogen-bond donors (Lipinski definition) is 1. The normalized spacial score (nSPS) is 12.4. The van der Waals surface area contributed by atoms with Gasteiger partial charge in [-0.3, -0.25) is 0 Å². The van der Waals surface area contributed by atoms with Crippen LogP contribution in [0, 0.1) is 0 Å². The van der Waals surface area contributed by atoms with Crippen molar-refractivity contribution in [3.63, 3.8) is 0 Å². The smallest absolute Gasteiger partial charge is 0.0329 e. The molecule has 1 atom stereocenters. The molecule has 0 unspecified atom stereocenters. The molecule has 0 fully saturated rings. The van der Waals surface area contributed by atoms with Gasteiger partial charge in [0.15, 0.2) is 0 Å².